The summed E-state index contributed by atoms with van der Waals surface area (Å²) >= 11 is 0. The molecule has 0 atom stereocenters. The van der Waals surface area contributed by atoms with Gasteiger partial charge in [-0.05, 0) is 17.0 Å². The zero-order valence-corrected chi connectivity index (χ0v) is 19.7. The van der Waals surface area contributed by atoms with E-state index < -0.39 is 96.7 Å². The molecule has 0 saturated carbocycles. The van der Waals surface area contributed by atoms with Crippen LogP contribution in [0.4, 0.5) is 46.5 Å². The van der Waals surface area contributed by atoms with Gasteiger partial charge in [0.2, 0.25) is 6.71 Å². The second kappa shape index (κ2) is 7.85. The van der Waals surface area contributed by atoms with Crippen LogP contribution in [-0.2, 0) is 0 Å². The summed E-state index contributed by atoms with van der Waals surface area (Å²) < 4.78 is 124. The fourth-order valence-electron chi connectivity index (χ4n) is 6.07. The van der Waals surface area contributed by atoms with E-state index in [1.165, 1.54) is 11.9 Å². The van der Waals surface area contributed by atoms with E-state index in [1.807, 2.05) is 0 Å². The average Bonchev–Trinajstić information content (AvgIpc) is 3.05. The van der Waals surface area contributed by atoms with E-state index in [0.717, 1.165) is 0 Å². The van der Waals surface area contributed by atoms with Gasteiger partial charge in [0, 0.05) is 28.9 Å². The maximum Gasteiger partial charge on any atom is 0.248 e. The third-order valence-electron chi connectivity index (χ3n) is 7.65. The monoisotopic (exact) mass is 537 g/mol. The molecule has 0 spiro atoms. The zero-order chi connectivity index (χ0) is 27.5. The number of halogens is 8. The van der Waals surface area contributed by atoms with Crippen molar-refractivity contribution in [2.75, 3.05) is 11.9 Å². The first kappa shape index (κ1) is 23.8. The highest BCUT2D eigenvalue weighted by Gasteiger charge is 2.41. The first-order valence-corrected chi connectivity index (χ1v) is 11.8. The Bertz CT molecular complexity index is 2030. The van der Waals surface area contributed by atoms with Gasteiger partial charge in [-0.3, -0.25) is 0 Å². The van der Waals surface area contributed by atoms with Gasteiger partial charge in [0.05, 0.1) is 21.8 Å². The molecule has 0 aromatic heterocycles. The Hall–Kier alpha value is -4.34. The van der Waals surface area contributed by atoms with Crippen molar-refractivity contribution >= 4 is 66.8 Å². The molecular weight excluding hydrogens is 525 g/mol. The van der Waals surface area contributed by atoms with Gasteiger partial charge in [0.15, 0.2) is 40.7 Å². The Labute approximate surface area is 215 Å². The molecule has 0 amide bonds. The molecule has 39 heavy (non-hydrogen) atoms. The van der Waals surface area contributed by atoms with Gasteiger partial charge in [0.1, 0.15) is 5.82 Å². The van der Waals surface area contributed by atoms with Crippen LogP contribution in [0.2, 0.25) is 0 Å². The van der Waals surface area contributed by atoms with Crippen LogP contribution in [0.5, 0.6) is 0 Å². The molecule has 0 N–H and O–H groups in total. The lowest BCUT2D eigenvalue weighted by molar-refractivity contribution is 0.451. The van der Waals surface area contributed by atoms with Crippen molar-refractivity contribution in [2.24, 2.45) is 0 Å². The number of benzene rings is 6. The standard InChI is InChI=1S/C29H12BF8N/c1-39-13-10-6-5-9-12(13)30(11-7-3-2-4-8-11)20-16-14-15-17(21(20)31)24(34)27(37)25(35)19(15)23(33)22(32)18(14)26(36)28(38)29(16)39/h2-10H,1H3. The minimum absolute atomic E-state index is 0.315. The topological polar surface area (TPSA) is 3.24 Å². The van der Waals surface area contributed by atoms with E-state index in [2.05, 4.69) is 0 Å². The highest BCUT2D eigenvalue weighted by molar-refractivity contribution is 6.98. The Morgan fingerprint density at radius 3 is 1.62 bits per heavy atom. The van der Waals surface area contributed by atoms with Crippen LogP contribution in [0.1, 0.15) is 0 Å². The predicted octanol–water partition coefficient (Wildman–Crippen LogP) is 6.29. The molecule has 1 heterocycles. The second-order valence-electron chi connectivity index (χ2n) is 9.49. The fourth-order valence-corrected chi connectivity index (χ4v) is 6.07. The van der Waals surface area contributed by atoms with Crippen LogP contribution in [-0.4, -0.2) is 13.8 Å². The van der Waals surface area contributed by atoms with Gasteiger partial charge in [0.25, 0.3) is 0 Å². The number of nitrogens with zero attached hydrogens (tertiary/aromatic N) is 1. The van der Waals surface area contributed by atoms with Crippen molar-refractivity contribution in [2.45, 2.75) is 0 Å². The minimum atomic E-state index is -2.22. The normalized spacial score (nSPS) is 13.2. The largest absolute Gasteiger partial charge is 0.342 e. The van der Waals surface area contributed by atoms with Gasteiger partial charge < -0.3 is 4.90 Å². The van der Waals surface area contributed by atoms with Crippen molar-refractivity contribution in [3.05, 3.63) is 101 Å². The quantitative estimate of drug-likeness (QED) is 0.103. The van der Waals surface area contributed by atoms with Crippen molar-refractivity contribution in [3.63, 3.8) is 0 Å². The Kier molecular flexibility index (Phi) is 4.78. The highest BCUT2D eigenvalue weighted by Crippen LogP contribution is 2.48. The number of fused-ring (bicyclic) bond motifs is 1. The summed E-state index contributed by atoms with van der Waals surface area (Å²) in [6.45, 7) is -1.11. The van der Waals surface area contributed by atoms with Crippen LogP contribution in [0, 0.1) is 46.5 Å². The molecule has 10 heteroatoms. The molecule has 0 aliphatic carbocycles. The summed E-state index contributed by atoms with van der Waals surface area (Å²) in [5.41, 5.74) is 0.196. The van der Waals surface area contributed by atoms with Crippen molar-refractivity contribution in [1.29, 1.82) is 0 Å². The maximum atomic E-state index is 16.7. The van der Waals surface area contributed by atoms with E-state index >= 15 is 26.3 Å². The highest BCUT2D eigenvalue weighted by atomic mass is 19.2. The zero-order valence-electron chi connectivity index (χ0n) is 19.7. The molecule has 6 aromatic rings. The van der Waals surface area contributed by atoms with Crippen molar-refractivity contribution in [1.82, 2.24) is 0 Å². The molecule has 0 unspecified atom stereocenters. The van der Waals surface area contributed by atoms with E-state index in [1.54, 1.807) is 54.6 Å². The van der Waals surface area contributed by atoms with E-state index in [4.69, 9.17) is 0 Å². The summed E-state index contributed by atoms with van der Waals surface area (Å²) in [5, 5.41) is -5.80. The minimum Gasteiger partial charge on any atom is -0.342 e. The molecule has 192 valence electrons. The lowest BCUT2D eigenvalue weighted by atomic mass is 9.36. The molecule has 0 bridgehead atoms. The molecule has 6 aromatic carbocycles. The molecule has 1 aliphatic rings. The third-order valence-corrected chi connectivity index (χ3v) is 7.65. The summed E-state index contributed by atoms with van der Waals surface area (Å²) in [4.78, 5) is 1.23. The van der Waals surface area contributed by atoms with Gasteiger partial charge in [-0.15, -0.1) is 0 Å². The summed E-state index contributed by atoms with van der Waals surface area (Å²) in [6.07, 6.45) is 0. The first-order valence-electron chi connectivity index (χ1n) is 11.8. The van der Waals surface area contributed by atoms with Crippen molar-refractivity contribution in [3.8, 4) is 0 Å². The smallest absolute Gasteiger partial charge is 0.248 e. The van der Waals surface area contributed by atoms with Crippen LogP contribution in [0.15, 0.2) is 54.6 Å². The third kappa shape index (κ3) is 2.76. The molecule has 1 nitrogen and oxygen atoms in total. The fraction of sp³-hybridized carbons (Fsp3) is 0.0345. The number of anilines is 2. The average molecular weight is 537 g/mol. The molecular formula is C29H12BF8N. The number of hydrogen-bond donors (Lipinski definition) is 0. The van der Waals surface area contributed by atoms with Gasteiger partial charge in [-0.2, -0.15) is 0 Å². The molecule has 1 aliphatic heterocycles. The number of hydrogen-bond acceptors (Lipinski definition) is 1. The Balaban J connectivity index is 1.89. The van der Waals surface area contributed by atoms with Crippen LogP contribution < -0.4 is 21.3 Å². The maximum absolute atomic E-state index is 16.7. The summed E-state index contributed by atoms with van der Waals surface area (Å²) in [5.74, 6) is -15.3. The van der Waals surface area contributed by atoms with Crippen LogP contribution >= 0.6 is 0 Å². The summed E-state index contributed by atoms with van der Waals surface area (Å²) in [7, 11) is 1.38. The lowest BCUT2D eigenvalue weighted by Crippen LogP contribution is -2.53. The van der Waals surface area contributed by atoms with Gasteiger partial charge >= 0.3 is 0 Å². The molecule has 0 radical (unpaired) electrons. The SMILES string of the molecule is CN1c2ccccc2B(c2ccccc2)c2c(F)c3c(F)c(F)c(F)c4c(F)c(F)c5c(F)c(F)c1c2c5c43. The van der Waals surface area contributed by atoms with Crippen LogP contribution in [0.25, 0.3) is 32.3 Å². The van der Waals surface area contributed by atoms with Gasteiger partial charge in [-0.25, -0.2) is 35.1 Å². The van der Waals surface area contributed by atoms with E-state index in [-0.39, 0.29) is 0 Å². The summed E-state index contributed by atoms with van der Waals surface area (Å²) in [6, 6.07) is 14.7. The molecule has 0 saturated heterocycles. The lowest BCUT2D eigenvalue weighted by Gasteiger charge is -2.25. The number of para-hydroxylation sites is 1. The first-order chi connectivity index (χ1) is 18.7. The van der Waals surface area contributed by atoms with Gasteiger partial charge in [-0.1, -0.05) is 54.0 Å². The molecule has 7 rings (SSSR count). The number of rotatable bonds is 1. The Morgan fingerprint density at radius 1 is 0.487 bits per heavy atom. The molecule has 0 fully saturated rings. The Morgan fingerprint density at radius 2 is 0.974 bits per heavy atom. The van der Waals surface area contributed by atoms with Crippen LogP contribution in [0.3, 0.4) is 0 Å². The van der Waals surface area contributed by atoms with E-state index in [0.29, 0.717) is 16.6 Å². The van der Waals surface area contributed by atoms with E-state index in [9.17, 15) is 8.78 Å². The predicted molar refractivity (Wildman–Crippen MR) is 135 cm³/mol. The van der Waals surface area contributed by atoms with Crippen molar-refractivity contribution < 1.29 is 35.1 Å². The second-order valence-corrected chi connectivity index (χ2v) is 9.49.